The predicted molar refractivity (Wildman–Crippen MR) is 109 cm³/mol. The molecule has 0 amide bonds. The van der Waals surface area contributed by atoms with E-state index in [0.717, 1.165) is 58.5 Å². The molecule has 27 heavy (non-hydrogen) atoms. The Hall–Kier alpha value is -1.63. The molecule has 3 rings (SSSR count). The molecule has 0 bridgehead atoms. The van der Waals surface area contributed by atoms with Crippen LogP contribution in [0.2, 0.25) is 0 Å². The van der Waals surface area contributed by atoms with E-state index in [1.165, 1.54) is 17.5 Å². The van der Waals surface area contributed by atoms with E-state index in [4.69, 9.17) is 14.5 Å². The van der Waals surface area contributed by atoms with Gasteiger partial charge in [0.05, 0.1) is 26.4 Å². The van der Waals surface area contributed by atoms with Crippen molar-refractivity contribution in [1.29, 1.82) is 0 Å². The molecule has 0 aromatic heterocycles. The van der Waals surface area contributed by atoms with E-state index in [0.29, 0.717) is 19.2 Å². The molecule has 2 saturated heterocycles. The fourth-order valence-corrected chi connectivity index (χ4v) is 3.83. The zero-order valence-electron chi connectivity index (χ0n) is 16.8. The highest BCUT2D eigenvalue weighted by atomic mass is 16.5. The van der Waals surface area contributed by atoms with Crippen LogP contribution in [0, 0.1) is 0 Å². The second kappa shape index (κ2) is 10.6. The third-order valence-electron chi connectivity index (χ3n) is 5.34. The van der Waals surface area contributed by atoms with Gasteiger partial charge in [-0.2, -0.15) is 0 Å². The quantitative estimate of drug-likeness (QED) is 0.585. The molecule has 150 valence electrons. The molecule has 2 fully saturated rings. The molecule has 0 saturated carbocycles. The van der Waals surface area contributed by atoms with Crippen LogP contribution in [0.3, 0.4) is 0 Å². The van der Waals surface area contributed by atoms with Crippen molar-refractivity contribution in [1.82, 2.24) is 15.1 Å². The molecule has 2 aliphatic rings. The highest BCUT2D eigenvalue weighted by Gasteiger charge is 2.30. The molecule has 2 heterocycles. The smallest absolute Gasteiger partial charge is 0.194 e. The van der Waals surface area contributed by atoms with Crippen LogP contribution in [0.4, 0.5) is 0 Å². The van der Waals surface area contributed by atoms with Gasteiger partial charge in [-0.15, -0.1) is 0 Å². The molecule has 1 aromatic rings. The maximum Gasteiger partial charge on any atom is 0.194 e. The molecule has 1 N–H and O–H groups in total. The maximum absolute atomic E-state index is 5.61. The average molecular weight is 375 g/mol. The minimum Gasteiger partial charge on any atom is -0.379 e. The van der Waals surface area contributed by atoms with Gasteiger partial charge in [-0.25, -0.2) is 4.99 Å². The summed E-state index contributed by atoms with van der Waals surface area (Å²) in [5, 5.41) is 3.48. The SMILES string of the molecule is CCNC(=NCc1ccccc1COCC)N1CCC(N2CCOCC2)C1. The Morgan fingerprint density at radius 1 is 1.19 bits per heavy atom. The number of nitrogens with zero attached hydrogens (tertiary/aromatic N) is 3. The van der Waals surface area contributed by atoms with Crippen LogP contribution in [0.25, 0.3) is 0 Å². The van der Waals surface area contributed by atoms with Crippen LogP contribution in [0.1, 0.15) is 31.4 Å². The molecule has 2 aliphatic heterocycles. The number of ether oxygens (including phenoxy) is 2. The molecular weight excluding hydrogens is 340 g/mol. The maximum atomic E-state index is 5.61. The molecule has 1 atom stereocenters. The number of rotatable bonds is 7. The highest BCUT2D eigenvalue weighted by molar-refractivity contribution is 5.80. The molecule has 0 radical (unpaired) electrons. The summed E-state index contributed by atoms with van der Waals surface area (Å²) in [4.78, 5) is 9.93. The first-order chi connectivity index (χ1) is 13.3. The van der Waals surface area contributed by atoms with Crippen molar-refractivity contribution >= 4 is 5.96 Å². The standard InChI is InChI=1S/C21H34N4O2/c1-3-22-21(23-15-18-7-5-6-8-19(18)17-26-4-2)25-10-9-20(16-25)24-11-13-27-14-12-24/h5-8,20H,3-4,9-17H2,1-2H3,(H,22,23). The minimum atomic E-state index is 0.614. The Balaban J connectivity index is 1.63. The summed E-state index contributed by atoms with van der Waals surface area (Å²) in [5.74, 6) is 1.03. The third-order valence-corrected chi connectivity index (χ3v) is 5.34. The normalized spacial score (nSPS) is 21.6. The molecule has 0 spiro atoms. The van der Waals surface area contributed by atoms with Crippen LogP contribution in [-0.2, 0) is 22.6 Å². The monoisotopic (exact) mass is 374 g/mol. The lowest BCUT2D eigenvalue weighted by molar-refractivity contribution is 0.0195. The van der Waals surface area contributed by atoms with Crippen molar-refractivity contribution < 1.29 is 9.47 Å². The summed E-state index contributed by atoms with van der Waals surface area (Å²) in [7, 11) is 0. The van der Waals surface area contributed by atoms with Gasteiger partial charge in [0.15, 0.2) is 5.96 Å². The number of likely N-dealkylation sites (tertiary alicyclic amines) is 1. The van der Waals surface area contributed by atoms with Gasteiger partial charge in [-0.05, 0) is 31.4 Å². The van der Waals surface area contributed by atoms with E-state index in [2.05, 4.69) is 46.3 Å². The number of hydrogen-bond acceptors (Lipinski definition) is 4. The van der Waals surface area contributed by atoms with Crippen molar-refractivity contribution in [3.63, 3.8) is 0 Å². The Kier molecular flexibility index (Phi) is 7.93. The van der Waals surface area contributed by atoms with E-state index < -0.39 is 0 Å². The summed E-state index contributed by atoms with van der Waals surface area (Å²) in [5.41, 5.74) is 2.47. The number of guanidine groups is 1. The van der Waals surface area contributed by atoms with E-state index >= 15 is 0 Å². The largest absolute Gasteiger partial charge is 0.379 e. The molecule has 6 heteroatoms. The van der Waals surface area contributed by atoms with Crippen molar-refractivity contribution in [2.45, 2.75) is 39.5 Å². The van der Waals surface area contributed by atoms with Gasteiger partial charge in [-0.3, -0.25) is 4.90 Å². The van der Waals surface area contributed by atoms with Crippen molar-refractivity contribution in [3.8, 4) is 0 Å². The van der Waals surface area contributed by atoms with Crippen molar-refractivity contribution in [3.05, 3.63) is 35.4 Å². The van der Waals surface area contributed by atoms with Gasteiger partial charge >= 0.3 is 0 Å². The lowest BCUT2D eigenvalue weighted by atomic mass is 10.1. The van der Waals surface area contributed by atoms with Crippen LogP contribution >= 0.6 is 0 Å². The zero-order valence-corrected chi connectivity index (χ0v) is 16.8. The van der Waals surface area contributed by atoms with Gasteiger partial charge < -0.3 is 19.7 Å². The zero-order chi connectivity index (χ0) is 18.9. The van der Waals surface area contributed by atoms with Crippen molar-refractivity contribution in [2.75, 3.05) is 52.5 Å². The van der Waals surface area contributed by atoms with Gasteiger partial charge in [-0.1, -0.05) is 24.3 Å². The Morgan fingerprint density at radius 3 is 2.70 bits per heavy atom. The third kappa shape index (κ3) is 5.67. The van der Waals surface area contributed by atoms with Crippen LogP contribution in [0.5, 0.6) is 0 Å². The summed E-state index contributed by atoms with van der Waals surface area (Å²) >= 11 is 0. The second-order valence-electron chi connectivity index (χ2n) is 7.11. The van der Waals surface area contributed by atoms with E-state index in [9.17, 15) is 0 Å². The predicted octanol–water partition coefficient (Wildman–Crippen LogP) is 2.10. The van der Waals surface area contributed by atoms with Crippen LogP contribution in [0.15, 0.2) is 29.3 Å². The summed E-state index contributed by atoms with van der Waals surface area (Å²) < 4.78 is 11.1. The fraction of sp³-hybridized carbons (Fsp3) is 0.667. The van der Waals surface area contributed by atoms with Crippen LogP contribution in [-0.4, -0.2) is 74.3 Å². The molecule has 1 unspecified atom stereocenters. The molecule has 0 aliphatic carbocycles. The topological polar surface area (TPSA) is 49.3 Å². The summed E-state index contributed by atoms with van der Waals surface area (Å²) in [6.07, 6.45) is 1.20. The molecule has 6 nitrogen and oxygen atoms in total. The van der Waals surface area contributed by atoms with Crippen LogP contribution < -0.4 is 5.32 Å². The number of morpholine rings is 1. The lowest BCUT2D eigenvalue weighted by Gasteiger charge is -2.32. The Labute approximate surface area is 163 Å². The Morgan fingerprint density at radius 2 is 1.96 bits per heavy atom. The Bertz CT molecular complexity index is 602. The first-order valence-electron chi connectivity index (χ1n) is 10.3. The second-order valence-corrected chi connectivity index (χ2v) is 7.11. The van der Waals surface area contributed by atoms with Gasteiger partial charge in [0.25, 0.3) is 0 Å². The van der Waals surface area contributed by atoms with Gasteiger partial charge in [0, 0.05) is 45.4 Å². The van der Waals surface area contributed by atoms with E-state index in [1.807, 2.05) is 6.92 Å². The number of nitrogens with one attached hydrogen (secondary N) is 1. The first kappa shape index (κ1) is 20.1. The number of benzene rings is 1. The average Bonchev–Trinajstić information content (AvgIpc) is 3.21. The van der Waals surface area contributed by atoms with E-state index in [1.54, 1.807) is 0 Å². The fourth-order valence-electron chi connectivity index (χ4n) is 3.83. The summed E-state index contributed by atoms with van der Waals surface area (Å²) in [6, 6.07) is 9.06. The molecule has 1 aromatic carbocycles. The summed E-state index contributed by atoms with van der Waals surface area (Å²) in [6.45, 7) is 13.1. The van der Waals surface area contributed by atoms with Gasteiger partial charge in [0.2, 0.25) is 0 Å². The minimum absolute atomic E-state index is 0.614. The highest BCUT2D eigenvalue weighted by Crippen LogP contribution is 2.18. The number of hydrogen-bond donors (Lipinski definition) is 1. The van der Waals surface area contributed by atoms with E-state index in [-0.39, 0.29) is 0 Å². The van der Waals surface area contributed by atoms with Crippen molar-refractivity contribution in [2.24, 2.45) is 4.99 Å². The number of aliphatic imine (C=N–C) groups is 1. The first-order valence-corrected chi connectivity index (χ1v) is 10.3. The lowest BCUT2D eigenvalue weighted by Crippen LogP contribution is -2.46. The molecular formula is C21H34N4O2. The van der Waals surface area contributed by atoms with Gasteiger partial charge in [0.1, 0.15) is 0 Å².